The van der Waals surface area contributed by atoms with Crippen molar-refractivity contribution >= 4 is 21.7 Å². The van der Waals surface area contributed by atoms with Crippen molar-refractivity contribution in [2.45, 2.75) is 26.2 Å². The van der Waals surface area contributed by atoms with Gasteiger partial charge >= 0.3 is 0 Å². The van der Waals surface area contributed by atoms with Crippen LogP contribution in [-0.4, -0.2) is 37.7 Å². The Hall–Kier alpha value is -1.41. The molecule has 0 fully saturated rings. The number of rotatable bonds is 8. The van der Waals surface area contributed by atoms with Gasteiger partial charge in [0.05, 0.1) is 6.26 Å². The fraction of sp³-hybridized carbons (Fsp3) is 0.636. The van der Waals surface area contributed by atoms with Crippen LogP contribution in [0.25, 0.3) is 0 Å². The number of nitrogen functional groups attached to an aromatic ring is 1. The van der Waals surface area contributed by atoms with Gasteiger partial charge in [0, 0.05) is 18.7 Å². The predicted molar refractivity (Wildman–Crippen MR) is 76.4 cm³/mol. The molecule has 1 aromatic rings. The van der Waals surface area contributed by atoms with Crippen molar-refractivity contribution in [3.8, 4) is 0 Å². The molecule has 1 heterocycles. The molecule has 0 bridgehead atoms. The van der Waals surface area contributed by atoms with Gasteiger partial charge in [-0.1, -0.05) is 13.3 Å². The van der Waals surface area contributed by atoms with Crippen molar-refractivity contribution in [1.82, 2.24) is 14.7 Å². The van der Waals surface area contributed by atoms with Gasteiger partial charge < -0.3 is 11.1 Å². The molecule has 0 atom stereocenters. The maximum absolute atomic E-state index is 10.9. The smallest absolute Gasteiger partial charge is 0.208 e. The van der Waals surface area contributed by atoms with Gasteiger partial charge in [0.1, 0.15) is 18.0 Å². The average molecular weight is 287 g/mol. The van der Waals surface area contributed by atoms with Crippen LogP contribution in [0.2, 0.25) is 0 Å². The van der Waals surface area contributed by atoms with Crippen LogP contribution >= 0.6 is 0 Å². The normalized spacial score (nSPS) is 11.5. The SMILES string of the molecule is CCCc1c(N)ncnc1NCCCNS(C)(=O)=O. The molecule has 0 saturated carbocycles. The van der Waals surface area contributed by atoms with E-state index in [4.69, 9.17) is 5.73 Å². The van der Waals surface area contributed by atoms with Crippen LogP contribution in [0.15, 0.2) is 6.33 Å². The Kier molecular flexibility index (Phi) is 5.97. The second-order valence-corrected chi connectivity index (χ2v) is 6.12. The third-order valence-electron chi connectivity index (χ3n) is 2.49. The molecule has 0 aliphatic rings. The summed E-state index contributed by atoms with van der Waals surface area (Å²) >= 11 is 0. The largest absolute Gasteiger partial charge is 0.383 e. The van der Waals surface area contributed by atoms with E-state index in [1.54, 1.807) is 0 Å². The molecular formula is C11H21N5O2S. The van der Waals surface area contributed by atoms with Crippen molar-refractivity contribution in [2.24, 2.45) is 0 Å². The third kappa shape index (κ3) is 5.84. The van der Waals surface area contributed by atoms with Crippen LogP contribution < -0.4 is 15.8 Å². The lowest BCUT2D eigenvalue weighted by Crippen LogP contribution is -2.24. The number of anilines is 2. The maximum Gasteiger partial charge on any atom is 0.208 e. The van der Waals surface area contributed by atoms with E-state index in [1.165, 1.54) is 6.33 Å². The van der Waals surface area contributed by atoms with Crippen LogP contribution in [0.4, 0.5) is 11.6 Å². The maximum atomic E-state index is 10.9. The highest BCUT2D eigenvalue weighted by Crippen LogP contribution is 2.18. The van der Waals surface area contributed by atoms with Crippen molar-refractivity contribution in [2.75, 3.05) is 30.4 Å². The van der Waals surface area contributed by atoms with E-state index in [2.05, 4.69) is 26.9 Å². The van der Waals surface area contributed by atoms with Gasteiger partial charge in [-0.2, -0.15) is 0 Å². The van der Waals surface area contributed by atoms with Gasteiger partial charge in [0.25, 0.3) is 0 Å². The Bertz CT molecular complexity index is 504. The third-order valence-corrected chi connectivity index (χ3v) is 3.22. The van der Waals surface area contributed by atoms with Gasteiger partial charge in [-0.15, -0.1) is 0 Å². The lowest BCUT2D eigenvalue weighted by Gasteiger charge is -2.11. The number of hydrogen-bond acceptors (Lipinski definition) is 6. The van der Waals surface area contributed by atoms with E-state index in [0.29, 0.717) is 25.3 Å². The van der Waals surface area contributed by atoms with Crippen LogP contribution in [0.5, 0.6) is 0 Å². The topological polar surface area (TPSA) is 110 Å². The molecule has 4 N–H and O–H groups in total. The van der Waals surface area contributed by atoms with E-state index in [-0.39, 0.29) is 0 Å². The highest BCUT2D eigenvalue weighted by Gasteiger charge is 2.07. The van der Waals surface area contributed by atoms with Gasteiger partial charge in [0.2, 0.25) is 10.0 Å². The zero-order chi connectivity index (χ0) is 14.3. The number of aromatic nitrogens is 2. The zero-order valence-electron chi connectivity index (χ0n) is 11.3. The molecule has 108 valence electrons. The molecule has 0 unspecified atom stereocenters. The number of hydrogen-bond donors (Lipinski definition) is 3. The number of sulfonamides is 1. The molecule has 19 heavy (non-hydrogen) atoms. The van der Waals surface area contributed by atoms with E-state index < -0.39 is 10.0 Å². The Morgan fingerprint density at radius 1 is 1.32 bits per heavy atom. The summed E-state index contributed by atoms with van der Waals surface area (Å²) in [6, 6.07) is 0. The van der Waals surface area contributed by atoms with Gasteiger partial charge in [-0.25, -0.2) is 23.1 Å². The Balaban J connectivity index is 2.47. The summed E-state index contributed by atoms with van der Waals surface area (Å²) in [5.41, 5.74) is 6.73. The number of nitrogens with zero attached hydrogens (tertiary/aromatic N) is 2. The Morgan fingerprint density at radius 2 is 2.05 bits per heavy atom. The highest BCUT2D eigenvalue weighted by molar-refractivity contribution is 7.88. The standard InChI is InChI=1S/C11H21N5O2S/c1-3-5-9-10(12)14-8-15-11(9)13-6-4-7-16-19(2,17)18/h8,16H,3-7H2,1-2H3,(H3,12,13,14,15). The molecule has 1 rings (SSSR count). The fourth-order valence-electron chi connectivity index (χ4n) is 1.63. The van der Waals surface area contributed by atoms with E-state index >= 15 is 0 Å². The summed E-state index contributed by atoms with van der Waals surface area (Å²) in [5.74, 6) is 1.22. The van der Waals surface area contributed by atoms with Crippen LogP contribution in [-0.2, 0) is 16.4 Å². The molecule has 0 aromatic carbocycles. The van der Waals surface area contributed by atoms with Crippen molar-refractivity contribution < 1.29 is 8.42 Å². The fourth-order valence-corrected chi connectivity index (χ4v) is 2.14. The quantitative estimate of drug-likeness (QED) is 0.596. The first-order chi connectivity index (χ1) is 8.94. The number of nitrogens with one attached hydrogen (secondary N) is 2. The van der Waals surface area contributed by atoms with Crippen LogP contribution in [0, 0.1) is 0 Å². The number of nitrogens with two attached hydrogens (primary N) is 1. The highest BCUT2D eigenvalue weighted by atomic mass is 32.2. The molecule has 0 spiro atoms. The van der Waals surface area contributed by atoms with E-state index in [0.717, 1.165) is 30.5 Å². The molecular weight excluding hydrogens is 266 g/mol. The lowest BCUT2D eigenvalue weighted by atomic mass is 10.1. The molecule has 1 aromatic heterocycles. The molecule has 0 saturated heterocycles. The Morgan fingerprint density at radius 3 is 2.68 bits per heavy atom. The van der Waals surface area contributed by atoms with E-state index in [9.17, 15) is 8.42 Å². The summed E-state index contributed by atoms with van der Waals surface area (Å²) in [6.45, 7) is 3.08. The Labute approximate surface area is 114 Å². The van der Waals surface area contributed by atoms with Gasteiger partial charge in [-0.05, 0) is 12.8 Å². The molecule has 0 radical (unpaired) electrons. The summed E-state index contributed by atoms with van der Waals surface area (Å²) in [7, 11) is -3.12. The van der Waals surface area contributed by atoms with Crippen LogP contribution in [0.3, 0.4) is 0 Å². The lowest BCUT2D eigenvalue weighted by molar-refractivity contribution is 0.586. The average Bonchev–Trinajstić information content (AvgIpc) is 2.31. The van der Waals surface area contributed by atoms with Gasteiger partial charge in [-0.3, -0.25) is 0 Å². The molecule has 0 aliphatic heterocycles. The molecule has 8 heteroatoms. The zero-order valence-corrected chi connectivity index (χ0v) is 12.1. The first-order valence-corrected chi connectivity index (χ1v) is 8.11. The molecule has 7 nitrogen and oxygen atoms in total. The monoisotopic (exact) mass is 287 g/mol. The minimum Gasteiger partial charge on any atom is -0.383 e. The van der Waals surface area contributed by atoms with E-state index in [1.807, 2.05) is 0 Å². The van der Waals surface area contributed by atoms with Crippen molar-refractivity contribution in [3.05, 3.63) is 11.9 Å². The first kappa shape index (κ1) is 15.6. The van der Waals surface area contributed by atoms with Crippen molar-refractivity contribution in [3.63, 3.8) is 0 Å². The second kappa shape index (κ2) is 7.25. The van der Waals surface area contributed by atoms with Crippen LogP contribution in [0.1, 0.15) is 25.3 Å². The molecule has 0 amide bonds. The summed E-state index contributed by atoms with van der Waals surface area (Å²) in [4.78, 5) is 8.13. The summed E-state index contributed by atoms with van der Waals surface area (Å²) in [5, 5.41) is 3.16. The minimum absolute atomic E-state index is 0.398. The minimum atomic E-state index is -3.12. The first-order valence-electron chi connectivity index (χ1n) is 6.22. The summed E-state index contributed by atoms with van der Waals surface area (Å²) < 4.78 is 24.2. The predicted octanol–water partition coefficient (Wildman–Crippen LogP) is 0.363. The summed E-state index contributed by atoms with van der Waals surface area (Å²) in [6.07, 6.45) is 5.01. The van der Waals surface area contributed by atoms with Crippen molar-refractivity contribution in [1.29, 1.82) is 0 Å². The van der Waals surface area contributed by atoms with Gasteiger partial charge in [0.15, 0.2) is 0 Å². The second-order valence-electron chi connectivity index (χ2n) is 4.28. The molecule has 0 aliphatic carbocycles.